The van der Waals surface area contributed by atoms with E-state index in [0.29, 0.717) is 0 Å². The Morgan fingerprint density at radius 3 is 2.75 bits per heavy atom. The molecule has 0 bridgehead atoms. The van der Waals surface area contributed by atoms with Crippen LogP contribution in [0.3, 0.4) is 0 Å². The van der Waals surface area contributed by atoms with Crippen molar-refractivity contribution in [3.05, 3.63) is 76.3 Å². The van der Waals surface area contributed by atoms with Crippen molar-refractivity contribution in [3.63, 3.8) is 0 Å². The summed E-state index contributed by atoms with van der Waals surface area (Å²) in [5.41, 5.74) is 11.5. The Kier molecular flexibility index (Phi) is 2.59. The van der Waals surface area contributed by atoms with Gasteiger partial charge < -0.3 is 5.11 Å². The Balaban J connectivity index is 2.10. The number of benzene rings is 3. The third-order valence-corrected chi connectivity index (χ3v) is 4.88. The quantitative estimate of drug-likeness (QED) is 0.234. The van der Waals surface area contributed by atoms with Crippen molar-refractivity contribution in [3.8, 4) is 0 Å². The predicted molar refractivity (Wildman–Crippen MR) is 93.6 cm³/mol. The second-order valence-electron chi connectivity index (χ2n) is 6.07. The van der Waals surface area contributed by atoms with Gasteiger partial charge in [-0.05, 0) is 44.9 Å². The molecule has 0 saturated carbocycles. The van der Waals surface area contributed by atoms with Gasteiger partial charge in [-0.2, -0.15) is 0 Å². The molecule has 0 saturated heterocycles. The van der Waals surface area contributed by atoms with Crippen molar-refractivity contribution in [1.82, 2.24) is 4.98 Å². The van der Waals surface area contributed by atoms with E-state index in [2.05, 4.69) is 27.1 Å². The van der Waals surface area contributed by atoms with E-state index in [1.165, 1.54) is 0 Å². The van der Waals surface area contributed by atoms with Crippen LogP contribution in [0.25, 0.3) is 42.9 Å². The summed E-state index contributed by atoms with van der Waals surface area (Å²) in [6, 6.07) is 15.2. The Hall–Kier alpha value is -3.14. The van der Waals surface area contributed by atoms with Gasteiger partial charge in [0.25, 0.3) is 0 Å². The lowest BCUT2D eigenvalue weighted by molar-refractivity contribution is 0.148. The van der Waals surface area contributed by atoms with Gasteiger partial charge in [0.1, 0.15) is 0 Å². The summed E-state index contributed by atoms with van der Waals surface area (Å²) in [5.74, 6) is 0. The van der Waals surface area contributed by atoms with Gasteiger partial charge in [-0.1, -0.05) is 41.5 Å². The van der Waals surface area contributed by atoms with Crippen LogP contribution in [-0.2, 0) is 0 Å². The van der Waals surface area contributed by atoms with Gasteiger partial charge in [-0.15, -0.1) is 0 Å². The Bertz CT molecular complexity index is 1190. The minimum absolute atomic E-state index is 0.620. The fourth-order valence-corrected chi connectivity index (χ4v) is 3.90. The topological polar surface area (TPSA) is 81.9 Å². The van der Waals surface area contributed by atoms with Gasteiger partial charge in [0.05, 0.1) is 17.7 Å². The number of aliphatic hydroxyl groups is 1. The fourth-order valence-electron chi connectivity index (χ4n) is 3.90. The van der Waals surface area contributed by atoms with Crippen LogP contribution in [0.1, 0.15) is 23.3 Å². The Morgan fingerprint density at radius 2 is 1.88 bits per heavy atom. The third kappa shape index (κ3) is 1.57. The van der Waals surface area contributed by atoms with Crippen molar-refractivity contribution in [2.75, 3.05) is 0 Å². The van der Waals surface area contributed by atoms with Crippen molar-refractivity contribution >= 4 is 32.4 Å². The van der Waals surface area contributed by atoms with Crippen molar-refractivity contribution in [2.45, 2.75) is 12.1 Å². The molecule has 1 heterocycles. The summed E-state index contributed by atoms with van der Waals surface area (Å²) in [6.45, 7) is 0. The highest BCUT2D eigenvalue weighted by Gasteiger charge is 2.31. The first-order valence-electron chi connectivity index (χ1n) is 7.75. The molecule has 1 aliphatic carbocycles. The fraction of sp³-hybridized carbons (Fsp3) is 0.105. The number of pyridine rings is 1. The zero-order valence-electron chi connectivity index (χ0n) is 12.6. The third-order valence-electron chi connectivity index (χ3n) is 4.88. The molecule has 3 aromatic carbocycles. The monoisotopic (exact) mass is 312 g/mol. The molecule has 4 aromatic rings. The first kappa shape index (κ1) is 13.3. The van der Waals surface area contributed by atoms with E-state index in [9.17, 15) is 5.11 Å². The number of fused-ring (bicyclic) bond motifs is 2. The molecule has 2 atom stereocenters. The predicted octanol–water partition coefficient (Wildman–Crippen LogP) is 4.94. The smallest absolute Gasteiger partial charge is 0.0933 e. The number of azide groups is 1. The average molecular weight is 312 g/mol. The summed E-state index contributed by atoms with van der Waals surface area (Å²) in [5, 5.41) is 19.9. The second kappa shape index (κ2) is 4.68. The van der Waals surface area contributed by atoms with Crippen LogP contribution in [0.15, 0.2) is 59.8 Å². The van der Waals surface area contributed by atoms with Gasteiger partial charge in [-0.3, -0.25) is 4.98 Å². The molecule has 0 aliphatic heterocycles. The van der Waals surface area contributed by atoms with E-state index in [-0.39, 0.29) is 0 Å². The summed E-state index contributed by atoms with van der Waals surface area (Å²) < 4.78 is 0. The molecule has 0 radical (unpaired) electrons. The molecule has 0 unspecified atom stereocenters. The molecule has 1 aromatic heterocycles. The normalized spacial score (nSPS) is 19.0. The number of aromatic nitrogens is 1. The molecule has 0 spiro atoms. The number of hydrogen-bond acceptors (Lipinski definition) is 3. The van der Waals surface area contributed by atoms with Crippen LogP contribution < -0.4 is 0 Å². The van der Waals surface area contributed by atoms with Crippen LogP contribution in [0.4, 0.5) is 0 Å². The zero-order chi connectivity index (χ0) is 16.3. The lowest BCUT2D eigenvalue weighted by Crippen LogP contribution is -2.14. The van der Waals surface area contributed by atoms with Gasteiger partial charge >= 0.3 is 0 Å². The van der Waals surface area contributed by atoms with E-state index in [4.69, 9.17) is 5.53 Å². The van der Waals surface area contributed by atoms with Gasteiger partial charge in [0.2, 0.25) is 0 Å². The minimum Gasteiger partial charge on any atom is -0.388 e. The van der Waals surface area contributed by atoms with Crippen molar-refractivity contribution in [2.24, 2.45) is 5.11 Å². The van der Waals surface area contributed by atoms with Crippen LogP contribution in [0, 0.1) is 0 Å². The van der Waals surface area contributed by atoms with E-state index >= 15 is 0 Å². The largest absolute Gasteiger partial charge is 0.388 e. The lowest BCUT2D eigenvalue weighted by atomic mass is 9.81. The molecule has 5 nitrogen and oxygen atoms in total. The number of aliphatic hydroxyl groups excluding tert-OH is 1. The number of nitrogens with zero attached hydrogens (tertiary/aromatic N) is 4. The molecule has 0 amide bonds. The van der Waals surface area contributed by atoms with Gasteiger partial charge in [0, 0.05) is 21.9 Å². The summed E-state index contributed by atoms with van der Waals surface area (Å²) in [7, 11) is 0. The number of rotatable bonds is 1. The van der Waals surface area contributed by atoms with Crippen molar-refractivity contribution < 1.29 is 5.11 Å². The second-order valence-corrected chi connectivity index (χ2v) is 6.07. The molecule has 1 N–H and O–H groups in total. The van der Waals surface area contributed by atoms with E-state index in [1.807, 2.05) is 36.4 Å². The molecule has 114 valence electrons. The molecule has 0 fully saturated rings. The SMILES string of the molecule is [N-]=[N+]=N[C@@H]1c2cccc3ccc4c5ncccc5cc(c4c23)[C@H]1O. The van der Waals surface area contributed by atoms with E-state index in [0.717, 1.165) is 43.6 Å². The van der Waals surface area contributed by atoms with Crippen LogP contribution >= 0.6 is 0 Å². The van der Waals surface area contributed by atoms with E-state index in [1.54, 1.807) is 6.20 Å². The van der Waals surface area contributed by atoms with Crippen LogP contribution in [-0.4, -0.2) is 10.1 Å². The first-order chi connectivity index (χ1) is 11.8. The standard InChI is InChI=1S/C19H12N4O/c20-23-22-18-12-5-1-3-10-6-7-13-16(15(10)12)14(19(18)24)9-11-4-2-8-21-17(11)13/h1-9,18-19,24H/t18-,19-/m1/s1. The Morgan fingerprint density at radius 1 is 1.00 bits per heavy atom. The highest BCUT2D eigenvalue weighted by molar-refractivity contribution is 6.19. The first-order valence-corrected chi connectivity index (χ1v) is 7.75. The molecule has 5 rings (SSSR count). The molecular formula is C19H12N4O. The molecule has 5 heteroatoms. The Labute approximate surface area is 136 Å². The summed E-state index contributed by atoms with van der Waals surface area (Å²) >= 11 is 0. The number of hydrogen-bond donors (Lipinski definition) is 1. The maximum absolute atomic E-state index is 10.9. The molecule has 24 heavy (non-hydrogen) atoms. The van der Waals surface area contributed by atoms with E-state index < -0.39 is 12.1 Å². The lowest BCUT2D eigenvalue weighted by Gasteiger charge is -2.28. The minimum atomic E-state index is -0.867. The highest BCUT2D eigenvalue weighted by Crippen LogP contribution is 2.48. The van der Waals surface area contributed by atoms with Crippen molar-refractivity contribution in [1.29, 1.82) is 0 Å². The van der Waals surface area contributed by atoms with Crippen LogP contribution in [0.5, 0.6) is 0 Å². The maximum atomic E-state index is 10.9. The van der Waals surface area contributed by atoms with Crippen LogP contribution in [0.2, 0.25) is 0 Å². The maximum Gasteiger partial charge on any atom is 0.0933 e. The molecular weight excluding hydrogens is 300 g/mol. The summed E-state index contributed by atoms with van der Waals surface area (Å²) in [6.07, 6.45) is 0.913. The van der Waals surface area contributed by atoms with Gasteiger partial charge in [0.15, 0.2) is 0 Å². The average Bonchev–Trinajstić information content (AvgIpc) is 2.63. The van der Waals surface area contributed by atoms with Gasteiger partial charge in [-0.25, -0.2) is 0 Å². The zero-order valence-corrected chi connectivity index (χ0v) is 12.6. The highest BCUT2D eigenvalue weighted by atomic mass is 16.3. The summed E-state index contributed by atoms with van der Waals surface area (Å²) in [4.78, 5) is 7.48. The molecule has 1 aliphatic rings.